The molecule has 1 fully saturated rings. The first-order chi connectivity index (χ1) is 11.6. The van der Waals surface area contributed by atoms with Crippen molar-refractivity contribution < 1.29 is 28.5 Å². The van der Waals surface area contributed by atoms with Crippen LogP contribution in [0.4, 0.5) is 0 Å². The fourth-order valence-corrected chi connectivity index (χ4v) is 4.15. The standard InChI is InChI=1S/C18H18O6/c1-21-16(19)18(17(20)22-2)5-3-4-11-12-8-15-14(23-9-24-15)7-10(12)6-13(11)18/h6-8,11H,3-5,9H2,1-2H3. The van der Waals surface area contributed by atoms with Crippen LogP contribution in [0.2, 0.25) is 0 Å². The molecule has 0 aromatic heterocycles. The first-order valence-electron chi connectivity index (χ1n) is 7.94. The van der Waals surface area contributed by atoms with Gasteiger partial charge >= 0.3 is 11.9 Å². The molecule has 0 N–H and O–H groups in total. The number of esters is 2. The second kappa shape index (κ2) is 5.26. The van der Waals surface area contributed by atoms with E-state index in [-0.39, 0.29) is 12.7 Å². The third-order valence-electron chi connectivity index (χ3n) is 5.25. The smallest absolute Gasteiger partial charge is 0.327 e. The van der Waals surface area contributed by atoms with Crippen molar-refractivity contribution in [3.63, 3.8) is 0 Å². The molecule has 1 unspecified atom stereocenters. The second-order valence-corrected chi connectivity index (χ2v) is 6.27. The molecule has 0 amide bonds. The van der Waals surface area contributed by atoms with Crippen LogP contribution in [0.5, 0.6) is 11.5 Å². The molecule has 126 valence electrons. The van der Waals surface area contributed by atoms with E-state index in [1.807, 2.05) is 18.2 Å². The lowest BCUT2D eigenvalue weighted by molar-refractivity contribution is -0.167. The van der Waals surface area contributed by atoms with Crippen molar-refractivity contribution in [1.29, 1.82) is 0 Å². The number of rotatable bonds is 2. The fraction of sp³-hybridized carbons (Fsp3) is 0.444. The number of fused-ring (bicyclic) bond motifs is 4. The Morgan fingerprint density at radius 3 is 2.46 bits per heavy atom. The molecule has 0 saturated heterocycles. The van der Waals surface area contributed by atoms with Gasteiger partial charge in [-0.1, -0.05) is 12.5 Å². The minimum absolute atomic E-state index is 0.0125. The Morgan fingerprint density at radius 1 is 1.12 bits per heavy atom. The molecular formula is C18H18O6. The predicted octanol–water partition coefficient (Wildman–Crippen LogP) is 2.41. The maximum atomic E-state index is 12.6. The van der Waals surface area contributed by atoms with Crippen molar-refractivity contribution in [2.24, 2.45) is 5.41 Å². The summed E-state index contributed by atoms with van der Waals surface area (Å²) < 4.78 is 20.8. The molecule has 1 atom stereocenters. The summed E-state index contributed by atoms with van der Waals surface area (Å²) >= 11 is 0. The van der Waals surface area contributed by atoms with Crippen molar-refractivity contribution in [3.8, 4) is 11.5 Å². The molecular weight excluding hydrogens is 312 g/mol. The number of methoxy groups -OCH3 is 2. The van der Waals surface area contributed by atoms with Gasteiger partial charge in [-0.05, 0) is 41.7 Å². The highest BCUT2D eigenvalue weighted by Crippen LogP contribution is 2.56. The van der Waals surface area contributed by atoms with Gasteiger partial charge < -0.3 is 18.9 Å². The number of ether oxygens (including phenoxy) is 4. The summed E-state index contributed by atoms with van der Waals surface area (Å²) in [6.45, 7) is 0.216. The van der Waals surface area contributed by atoms with Crippen LogP contribution in [-0.4, -0.2) is 33.0 Å². The van der Waals surface area contributed by atoms with E-state index in [1.165, 1.54) is 14.2 Å². The summed E-state index contributed by atoms with van der Waals surface area (Å²) in [4.78, 5) is 25.1. The third kappa shape index (κ3) is 1.82. The molecule has 1 saturated carbocycles. The van der Waals surface area contributed by atoms with Crippen LogP contribution in [0.1, 0.15) is 36.3 Å². The summed E-state index contributed by atoms with van der Waals surface area (Å²) in [7, 11) is 2.60. The summed E-state index contributed by atoms with van der Waals surface area (Å²) in [5, 5.41) is 0. The minimum Gasteiger partial charge on any atom is -0.468 e. The largest absolute Gasteiger partial charge is 0.468 e. The average Bonchev–Trinajstić information content (AvgIpc) is 3.21. The van der Waals surface area contributed by atoms with Crippen molar-refractivity contribution in [2.75, 3.05) is 21.0 Å². The van der Waals surface area contributed by atoms with E-state index in [4.69, 9.17) is 18.9 Å². The Hall–Kier alpha value is -2.50. The van der Waals surface area contributed by atoms with Gasteiger partial charge in [0.25, 0.3) is 0 Å². The van der Waals surface area contributed by atoms with Crippen molar-refractivity contribution in [1.82, 2.24) is 0 Å². The highest BCUT2D eigenvalue weighted by molar-refractivity contribution is 6.06. The monoisotopic (exact) mass is 330 g/mol. The molecule has 6 nitrogen and oxygen atoms in total. The highest BCUT2D eigenvalue weighted by atomic mass is 16.7. The maximum absolute atomic E-state index is 12.6. The van der Waals surface area contributed by atoms with Gasteiger partial charge in [-0.3, -0.25) is 9.59 Å². The third-order valence-corrected chi connectivity index (χ3v) is 5.25. The number of hydrogen-bond donors (Lipinski definition) is 0. The number of carbonyl (C=O) groups excluding carboxylic acids is 2. The molecule has 0 spiro atoms. The molecule has 1 aliphatic heterocycles. The lowest BCUT2D eigenvalue weighted by Gasteiger charge is -2.37. The second-order valence-electron chi connectivity index (χ2n) is 6.27. The van der Waals surface area contributed by atoms with E-state index >= 15 is 0 Å². The number of benzene rings is 1. The molecule has 0 radical (unpaired) electrons. The zero-order valence-corrected chi connectivity index (χ0v) is 13.6. The summed E-state index contributed by atoms with van der Waals surface area (Å²) in [6.07, 6.45) is 3.92. The van der Waals surface area contributed by atoms with Gasteiger partial charge in [0.15, 0.2) is 16.9 Å². The summed E-state index contributed by atoms with van der Waals surface area (Å²) in [5.41, 5.74) is 1.41. The minimum atomic E-state index is -1.36. The molecule has 1 heterocycles. The molecule has 3 aliphatic rings. The van der Waals surface area contributed by atoms with Gasteiger partial charge in [0, 0.05) is 5.92 Å². The first-order valence-corrected chi connectivity index (χ1v) is 7.94. The van der Waals surface area contributed by atoms with E-state index in [2.05, 4.69) is 0 Å². The van der Waals surface area contributed by atoms with Crippen LogP contribution in [0.3, 0.4) is 0 Å². The average molecular weight is 330 g/mol. The van der Waals surface area contributed by atoms with E-state index < -0.39 is 17.4 Å². The molecule has 2 aliphatic carbocycles. The Kier molecular flexibility index (Phi) is 3.30. The van der Waals surface area contributed by atoms with E-state index in [0.29, 0.717) is 17.9 Å². The first kappa shape index (κ1) is 15.1. The van der Waals surface area contributed by atoms with Crippen LogP contribution >= 0.6 is 0 Å². The van der Waals surface area contributed by atoms with Crippen molar-refractivity contribution in [2.45, 2.75) is 25.2 Å². The molecule has 4 rings (SSSR count). The van der Waals surface area contributed by atoms with Crippen LogP contribution in [0.15, 0.2) is 17.7 Å². The lowest BCUT2D eigenvalue weighted by atomic mass is 9.65. The van der Waals surface area contributed by atoms with Gasteiger partial charge in [-0.15, -0.1) is 0 Å². The van der Waals surface area contributed by atoms with Gasteiger partial charge in [-0.25, -0.2) is 0 Å². The Balaban J connectivity index is 1.86. The molecule has 0 bridgehead atoms. The fourth-order valence-electron chi connectivity index (χ4n) is 4.15. The van der Waals surface area contributed by atoms with E-state index in [1.54, 1.807) is 0 Å². The molecule has 6 heteroatoms. The van der Waals surface area contributed by atoms with Crippen LogP contribution < -0.4 is 9.47 Å². The van der Waals surface area contributed by atoms with E-state index in [9.17, 15) is 9.59 Å². The summed E-state index contributed by atoms with van der Waals surface area (Å²) in [5.74, 6) is 0.263. The van der Waals surface area contributed by atoms with E-state index in [0.717, 1.165) is 29.5 Å². The Morgan fingerprint density at radius 2 is 1.79 bits per heavy atom. The lowest BCUT2D eigenvalue weighted by Crippen LogP contribution is -2.45. The van der Waals surface area contributed by atoms with Crippen LogP contribution in [-0.2, 0) is 19.1 Å². The SMILES string of the molecule is COC(=O)C1(C(=O)OC)CCCC2C1=Cc1cc3c(cc12)OCO3. The van der Waals surface area contributed by atoms with Gasteiger partial charge in [0.1, 0.15) is 0 Å². The van der Waals surface area contributed by atoms with Crippen molar-refractivity contribution in [3.05, 3.63) is 28.8 Å². The molecule has 1 aromatic carbocycles. The quantitative estimate of drug-likeness (QED) is 0.612. The van der Waals surface area contributed by atoms with Crippen molar-refractivity contribution >= 4 is 18.0 Å². The van der Waals surface area contributed by atoms with Crippen LogP contribution in [0.25, 0.3) is 6.08 Å². The van der Waals surface area contributed by atoms with Crippen LogP contribution in [0, 0.1) is 5.41 Å². The van der Waals surface area contributed by atoms with Gasteiger partial charge in [0.2, 0.25) is 6.79 Å². The predicted molar refractivity (Wildman–Crippen MR) is 83.6 cm³/mol. The zero-order valence-electron chi connectivity index (χ0n) is 13.6. The van der Waals surface area contributed by atoms with Gasteiger partial charge in [-0.2, -0.15) is 0 Å². The van der Waals surface area contributed by atoms with Gasteiger partial charge in [0.05, 0.1) is 14.2 Å². The Labute approximate surface area is 139 Å². The molecule has 24 heavy (non-hydrogen) atoms. The Bertz CT molecular complexity index is 747. The topological polar surface area (TPSA) is 71.1 Å². The summed E-state index contributed by atoms with van der Waals surface area (Å²) in [6, 6.07) is 3.86. The zero-order chi connectivity index (χ0) is 16.9. The number of carbonyl (C=O) groups is 2. The maximum Gasteiger partial charge on any atom is 0.327 e. The number of hydrogen-bond acceptors (Lipinski definition) is 6. The normalized spacial score (nSPS) is 22.2. The molecule has 1 aromatic rings. The highest BCUT2D eigenvalue weighted by Gasteiger charge is 2.56.